The predicted molar refractivity (Wildman–Crippen MR) is 56.3 cm³/mol. The summed E-state index contributed by atoms with van der Waals surface area (Å²) in [5, 5.41) is 8.19. The van der Waals surface area contributed by atoms with E-state index < -0.39 is 0 Å². The number of nitrogens with zero attached hydrogens (tertiary/aromatic N) is 2. The number of nitriles is 1. The highest BCUT2D eigenvalue weighted by molar-refractivity contribution is 6.22. The number of rotatable bonds is 4. The molecule has 0 aromatic carbocycles. The highest BCUT2D eigenvalue weighted by atomic mass is 35.5. The Kier molecular flexibility index (Phi) is 5.24. The lowest BCUT2D eigenvalue weighted by molar-refractivity contribution is 0.0149. The average Bonchev–Trinajstić information content (AvgIpc) is 2.21. The number of hydrogen-bond acceptors (Lipinski definition) is 3. The summed E-state index contributed by atoms with van der Waals surface area (Å²) in [6, 6.07) is 2.04. The summed E-state index contributed by atoms with van der Waals surface area (Å²) < 4.78 is 5.54. The van der Waals surface area contributed by atoms with Crippen molar-refractivity contribution in [3.8, 4) is 6.07 Å². The van der Waals surface area contributed by atoms with E-state index in [4.69, 9.17) is 21.6 Å². The van der Waals surface area contributed by atoms with Crippen molar-refractivity contribution in [1.29, 1.82) is 5.26 Å². The molecule has 1 atom stereocenters. The van der Waals surface area contributed by atoms with Gasteiger partial charge in [-0.05, 0) is 19.8 Å². The number of ether oxygens (including phenoxy) is 1. The topological polar surface area (TPSA) is 36.3 Å². The Morgan fingerprint density at radius 1 is 1.57 bits per heavy atom. The molecule has 1 aliphatic rings. The Morgan fingerprint density at radius 3 is 2.71 bits per heavy atom. The van der Waals surface area contributed by atoms with Gasteiger partial charge in [-0.25, -0.2) is 0 Å². The molecule has 0 aliphatic carbocycles. The van der Waals surface area contributed by atoms with Crippen molar-refractivity contribution in [2.24, 2.45) is 0 Å². The van der Waals surface area contributed by atoms with Crippen molar-refractivity contribution in [3.63, 3.8) is 0 Å². The van der Waals surface area contributed by atoms with Crippen molar-refractivity contribution in [2.75, 3.05) is 26.2 Å². The molecular formula is C10H17ClN2O. The summed E-state index contributed by atoms with van der Waals surface area (Å²) in [6.45, 7) is 5.49. The molecule has 1 aliphatic heterocycles. The molecule has 14 heavy (non-hydrogen) atoms. The highest BCUT2D eigenvalue weighted by Crippen LogP contribution is 2.14. The van der Waals surface area contributed by atoms with Crippen molar-refractivity contribution < 1.29 is 4.74 Å². The highest BCUT2D eigenvalue weighted by Gasteiger charge is 2.20. The van der Waals surface area contributed by atoms with Gasteiger partial charge in [0.2, 0.25) is 0 Å². The fourth-order valence-corrected chi connectivity index (χ4v) is 1.96. The maximum atomic E-state index is 8.57. The lowest BCUT2D eigenvalue weighted by Crippen LogP contribution is -2.39. The van der Waals surface area contributed by atoms with Crippen LogP contribution in [0.5, 0.6) is 0 Å². The van der Waals surface area contributed by atoms with Gasteiger partial charge in [-0.3, -0.25) is 0 Å². The Hall–Kier alpha value is -0.300. The Morgan fingerprint density at radius 2 is 2.21 bits per heavy atom. The second-order valence-electron chi connectivity index (χ2n) is 3.55. The summed E-state index contributed by atoms with van der Waals surface area (Å²) in [5.74, 6) is 0. The van der Waals surface area contributed by atoms with E-state index in [1.807, 2.05) is 13.0 Å². The van der Waals surface area contributed by atoms with E-state index in [0.29, 0.717) is 12.6 Å². The van der Waals surface area contributed by atoms with E-state index in [9.17, 15) is 0 Å². The van der Waals surface area contributed by atoms with Crippen LogP contribution < -0.4 is 0 Å². The van der Waals surface area contributed by atoms with Crippen molar-refractivity contribution in [3.05, 3.63) is 0 Å². The first-order valence-electron chi connectivity index (χ1n) is 5.14. The quantitative estimate of drug-likeness (QED) is 0.670. The van der Waals surface area contributed by atoms with Crippen LogP contribution in [0.25, 0.3) is 0 Å². The minimum Gasteiger partial charge on any atom is -0.378 e. The number of piperidine rings is 1. The second-order valence-corrected chi connectivity index (χ2v) is 4.08. The van der Waals surface area contributed by atoms with E-state index in [1.54, 1.807) is 0 Å². The van der Waals surface area contributed by atoms with E-state index in [1.165, 1.54) is 0 Å². The van der Waals surface area contributed by atoms with Gasteiger partial charge in [0.05, 0.1) is 12.2 Å². The van der Waals surface area contributed by atoms with Crippen LogP contribution in [-0.2, 0) is 4.74 Å². The summed E-state index contributed by atoms with van der Waals surface area (Å²) in [5.41, 5.74) is 0. The second kappa shape index (κ2) is 6.23. The van der Waals surface area contributed by atoms with Gasteiger partial charge >= 0.3 is 0 Å². The third-order valence-corrected chi connectivity index (χ3v) is 2.73. The molecule has 0 bridgehead atoms. The molecule has 0 spiro atoms. The van der Waals surface area contributed by atoms with Gasteiger partial charge in [0.15, 0.2) is 0 Å². The predicted octanol–water partition coefficient (Wildman–Crippen LogP) is 1.62. The van der Waals surface area contributed by atoms with Gasteiger partial charge in [0, 0.05) is 26.2 Å². The average molecular weight is 217 g/mol. The van der Waals surface area contributed by atoms with Gasteiger partial charge in [0.25, 0.3) is 0 Å². The zero-order chi connectivity index (χ0) is 10.4. The lowest BCUT2D eigenvalue weighted by atomic mass is 10.1. The smallest absolute Gasteiger partial charge is 0.133 e. The molecule has 0 saturated carbocycles. The van der Waals surface area contributed by atoms with Crippen LogP contribution in [0.15, 0.2) is 0 Å². The fraction of sp³-hybridized carbons (Fsp3) is 0.900. The zero-order valence-corrected chi connectivity index (χ0v) is 9.33. The molecular weight excluding hydrogens is 200 g/mol. The first-order chi connectivity index (χ1) is 6.76. The van der Waals surface area contributed by atoms with E-state index >= 15 is 0 Å². The third kappa shape index (κ3) is 3.83. The number of likely N-dealkylation sites (tertiary alicyclic amines) is 1. The molecule has 1 unspecified atom stereocenters. The van der Waals surface area contributed by atoms with E-state index in [-0.39, 0.29) is 5.38 Å². The summed E-state index contributed by atoms with van der Waals surface area (Å²) >= 11 is 5.76. The molecule has 0 N–H and O–H groups in total. The van der Waals surface area contributed by atoms with Crippen molar-refractivity contribution in [2.45, 2.75) is 31.2 Å². The molecule has 0 radical (unpaired) electrons. The molecule has 1 heterocycles. The van der Waals surface area contributed by atoms with Crippen molar-refractivity contribution in [1.82, 2.24) is 4.90 Å². The Labute approximate surface area is 90.6 Å². The van der Waals surface area contributed by atoms with Gasteiger partial charge in [-0.15, -0.1) is 11.6 Å². The summed E-state index contributed by atoms with van der Waals surface area (Å²) in [6.07, 6.45) is 2.53. The molecule has 80 valence electrons. The fourth-order valence-electron chi connectivity index (χ4n) is 1.76. The number of alkyl halides is 1. The first kappa shape index (κ1) is 11.8. The minimum atomic E-state index is -0.376. The molecule has 3 nitrogen and oxygen atoms in total. The van der Waals surface area contributed by atoms with Crippen LogP contribution in [0.4, 0.5) is 0 Å². The van der Waals surface area contributed by atoms with Crippen LogP contribution in [0.3, 0.4) is 0 Å². The SMILES string of the molecule is CCOC1CCN(CC(Cl)C#N)CC1. The molecule has 0 aromatic heterocycles. The standard InChI is InChI=1S/C10H17ClN2O/c1-2-14-10-3-5-13(6-4-10)8-9(11)7-12/h9-10H,2-6,8H2,1H3. The number of halogens is 1. The summed E-state index contributed by atoms with van der Waals surface area (Å²) in [4.78, 5) is 2.23. The molecule has 1 rings (SSSR count). The van der Waals surface area contributed by atoms with Gasteiger partial charge in [-0.1, -0.05) is 0 Å². The van der Waals surface area contributed by atoms with Gasteiger partial charge in [-0.2, -0.15) is 5.26 Å². The van der Waals surface area contributed by atoms with E-state index in [2.05, 4.69) is 4.90 Å². The van der Waals surface area contributed by atoms with Crippen LogP contribution in [0, 0.1) is 11.3 Å². The maximum Gasteiger partial charge on any atom is 0.133 e. The molecule has 4 heteroatoms. The van der Waals surface area contributed by atoms with Crippen LogP contribution in [0.2, 0.25) is 0 Å². The minimum absolute atomic E-state index is 0.376. The first-order valence-corrected chi connectivity index (χ1v) is 5.57. The number of hydrogen-bond donors (Lipinski definition) is 0. The van der Waals surface area contributed by atoms with Crippen LogP contribution in [-0.4, -0.2) is 42.6 Å². The third-order valence-electron chi connectivity index (χ3n) is 2.50. The van der Waals surface area contributed by atoms with Crippen molar-refractivity contribution >= 4 is 11.6 Å². The largest absolute Gasteiger partial charge is 0.378 e. The normalized spacial score (nSPS) is 21.8. The lowest BCUT2D eigenvalue weighted by Gasteiger charge is -2.31. The van der Waals surface area contributed by atoms with Crippen LogP contribution >= 0.6 is 11.6 Å². The Bertz CT molecular complexity index is 197. The summed E-state index contributed by atoms with van der Waals surface area (Å²) in [7, 11) is 0. The maximum absolute atomic E-state index is 8.57. The molecule has 0 aromatic rings. The molecule has 0 amide bonds. The Balaban J connectivity index is 2.19. The van der Waals surface area contributed by atoms with E-state index in [0.717, 1.165) is 32.5 Å². The monoisotopic (exact) mass is 216 g/mol. The van der Waals surface area contributed by atoms with Gasteiger partial charge < -0.3 is 9.64 Å². The molecule has 1 fully saturated rings. The molecule has 1 saturated heterocycles. The van der Waals surface area contributed by atoms with Gasteiger partial charge in [0.1, 0.15) is 5.38 Å². The zero-order valence-electron chi connectivity index (χ0n) is 8.58. The van der Waals surface area contributed by atoms with Crippen LogP contribution in [0.1, 0.15) is 19.8 Å².